The third kappa shape index (κ3) is 3.77. The molecular weight excluding hydrogens is 226 g/mol. The first-order chi connectivity index (χ1) is 8.79. The Morgan fingerprint density at radius 2 is 2.50 bits per heavy atom. The van der Waals surface area contributed by atoms with Gasteiger partial charge in [-0.05, 0) is 25.1 Å². The molecular formula is C14H23N3O. The van der Waals surface area contributed by atoms with Crippen molar-refractivity contribution in [3.05, 3.63) is 30.1 Å². The summed E-state index contributed by atoms with van der Waals surface area (Å²) in [5.74, 6) is 0. The number of morpholine rings is 1. The predicted molar refractivity (Wildman–Crippen MR) is 72.5 cm³/mol. The van der Waals surface area contributed by atoms with Crippen LogP contribution < -0.4 is 5.32 Å². The molecule has 2 rings (SSSR count). The van der Waals surface area contributed by atoms with Crippen LogP contribution in [0.25, 0.3) is 0 Å². The quantitative estimate of drug-likeness (QED) is 0.857. The van der Waals surface area contributed by atoms with Gasteiger partial charge in [0.2, 0.25) is 0 Å². The first-order valence-corrected chi connectivity index (χ1v) is 6.77. The minimum atomic E-state index is 0.304. The summed E-state index contributed by atoms with van der Waals surface area (Å²) < 4.78 is 5.78. The second kappa shape index (κ2) is 6.83. The highest BCUT2D eigenvalue weighted by Gasteiger charge is 2.19. The van der Waals surface area contributed by atoms with Crippen LogP contribution in [0.5, 0.6) is 0 Å². The summed E-state index contributed by atoms with van der Waals surface area (Å²) in [5.41, 5.74) is 1.22. The van der Waals surface area contributed by atoms with Gasteiger partial charge in [0.1, 0.15) is 0 Å². The van der Waals surface area contributed by atoms with Crippen LogP contribution in [0.15, 0.2) is 24.5 Å². The van der Waals surface area contributed by atoms with E-state index in [0.717, 1.165) is 32.8 Å². The molecule has 100 valence electrons. The molecule has 4 heteroatoms. The van der Waals surface area contributed by atoms with E-state index in [0.29, 0.717) is 12.1 Å². The first kappa shape index (κ1) is 13.5. The first-order valence-electron chi connectivity index (χ1n) is 6.77. The standard InChI is InChI=1S/C14H23N3O/c1-3-17-7-8-18-14(11-17)10-16-12(2)13-5-4-6-15-9-13/h4-6,9,12,14,16H,3,7-8,10-11H2,1-2H3/t12-,14?/m1/s1. The van der Waals surface area contributed by atoms with Gasteiger partial charge in [0.05, 0.1) is 12.7 Å². The second-order valence-corrected chi connectivity index (χ2v) is 4.80. The molecule has 0 radical (unpaired) electrons. The summed E-state index contributed by atoms with van der Waals surface area (Å²) in [4.78, 5) is 6.58. The highest BCUT2D eigenvalue weighted by Crippen LogP contribution is 2.11. The van der Waals surface area contributed by atoms with Crippen molar-refractivity contribution in [1.29, 1.82) is 0 Å². The van der Waals surface area contributed by atoms with Gasteiger partial charge in [0, 0.05) is 38.1 Å². The van der Waals surface area contributed by atoms with Gasteiger partial charge >= 0.3 is 0 Å². The molecule has 4 nitrogen and oxygen atoms in total. The van der Waals surface area contributed by atoms with E-state index in [1.54, 1.807) is 6.20 Å². The molecule has 1 aromatic rings. The number of ether oxygens (including phenoxy) is 1. The predicted octanol–water partition coefficient (Wildman–Crippen LogP) is 1.45. The number of pyridine rings is 1. The van der Waals surface area contributed by atoms with Gasteiger partial charge in [0.25, 0.3) is 0 Å². The van der Waals surface area contributed by atoms with E-state index in [-0.39, 0.29) is 0 Å². The SMILES string of the molecule is CCN1CCOC(CN[C@H](C)c2cccnc2)C1. The Morgan fingerprint density at radius 1 is 1.61 bits per heavy atom. The molecule has 1 unspecified atom stereocenters. The summed E-state index contributed by atoms with van der Waals surface area (Å²) in [6.45, 7) is 9.31. The third-order valence-corrected chi connectivity index (χ3v) is 3.51. The molecule has 1 aliphatic heterocycles. The van der Waals surface area contributed by atoms with Gasteiger partial charge in [-0.25, -0.2) is 0 Å². The Kier molecular flexibility index (Phi) is 5.11. The lowest BCUT2D eigenvalue weighted by molar-refractivity contribution is -0.0262. The molecule has 1 N–H and O–H groups in total. The maximum atomic E-state index is 5.78. The highest BCUT2D eigenvalue weighted by atomic mass is 16.5. The average molecular weight is 249 g/mol. The van der Waals surface area contributed by atoms with Crippen molar-refractivity contribution < 1.29 is 4.74 Å². The number of nitrogens with one attached hydrogen (secondary N) is 1. The number of rotatable bonds is 5. The van der Waals surface area contributed by atoms with Crippen LogP contribution in [-0.2, 0) is 4.74 Å². The molecule has 2 atom stereocenters. The van der Waals surface area contributed by atoms with Crippen molar-refractivity contribution in [3.63, 3.8) is 0 Å². The largest absolute Gasteiger partial charge is 0.374 e. The summed E-state index contributed by atoms with van der Waals surface area (Å²) in [7, 11) is 0. The Labute approximate surface area is 109 Å². The van der Waals surface area contributed by atoms with Crippen molar-refractivity contribution >= 4 is 0 Å². The molecule has 1 aromatic heterocycles. The van der Waals surface area contributed by atoms with Crippen molar-refractivity contribution in [3.8, 4) is 0 Å². The Balaban J connectivity index is 1.77. The van der Waals surface area contributed by atoms with Gasteiger partial charge in [-0.15, -0.1) is 0 Å². The Hall–Kier alpha value is -0.970. The van der Waals surface area contributed by atoms with E-state index in [9.17, 15) is 0 Å². The van der Waals surface area contributed by atoms with E-state index >= 15 is 0 Å². The van der Waals surface area contributed by atoms with Crippen LogP contribution >= 0.6 is 0 Å². The highest BCUT2D eigenvalue weighted by molar-refractivity contribution is 5.12. The normalized spacial score (nSPS) is 22.9. The average Bonchev–Trinajstić information content (AvgIpc) is 2.46. The molecule has 0 bridgehead atoms. The minimum absolute atomic E-state index is 0.304. The van der Waals surface area contributed by atoms with Gasteiger partial charge in [-0.2, -0.15) is 0 Å². The number of aromatic nitrogens is 1. The zero-order chi connectivity index (χ0) is 12.8. The lowest BCUT2D eigenvalue weighted by Crippen LogP contribution is -2.46. The van der Waals surface area contributed by atoms with Crippen molar-refractivity contribution in [1.82, 2.24) is 15.2 Å². The molecule has 1 saturated heterocycles. The second-order valence-electron chi connectivity index (χ2n) is 4.80. The number of hydrogen-bond donors (Lipinski definition) is 1. The molecule has 18 heavy (non-hydrogen) atoms. The van der Waals surface area contributed by atoms with Gasteiger partial charge < -0.3 is 10.1 Å². The molecule has 0 saturated carbocycles. The summed E-state index contributed by atoms with van der Waals surface area (Å²) in [6, 6.07) is 4.40. The summed E-state index contributed by atoms with van der Waals surface area (Å²) in [5, 5.41) is 3.52. The maximum absolute atomic E-state index is 5.78. The lowest BCUT2D eigenvalue weighted by Gasteiger charge is -2.32. The van der Waals surface area contributed by atoms with Crippen LogP contribution in [0.4, 0.5) is 0 Å². The molecule has 1 aliphatic rings. The molecule has 0 aromatic carbocycles. The smallest absolute Gasteiger partial charge is 0.0826 e. The zero-order valence-electron chi connectivity index (χ0n) is 11.3. The maximum Gasteiger partial charge on any atom is 0.0826 e. The zero-order valence-corrected chi connectivity index (χ0v) is 11.3. The molecule has 0 aliphatic carbocycles. The molecule has 0 amide bonds. The third-order valence-electron chi connectivity index (χ3n) is 3.51. The Bertz CT molecular complexity index is 344. The number of likely N-dealkylation sites (N-methyl/N-ethyl adjacent to an activating group) is 1. The van der Waals surface area contributed by atoms with Gasteiger partial charge in [-0.3, -0.25) is 9.88 Å². The summed E-state index contributed by atoms with van der Waals surface area (Å²) >= 11 is 0. The van der Waals surface area contributed by atoms with Gasteiger partial charge in [-0.1, -0.05) is 13.0 Å². The monoisotopic (exact) mass is 249 g/mol. The van der Waals surface area contributed by atoms with Crippen molar-refractivity contribution in [2.24, 2.45) is 0 Å². The van der Waals surface area contributed by atoms with Crippen LogP contribution in [-0.4, -0.2) is 48.8 Å². The van der Waals surface area contributed by atoms with Crippen LogP contribution in [0, 0.1) is 0 Å². The molecule has 1 fully saturated rings. The van der Waals surface area contributed by atoms with Gasteiger partial charge in [0.15, 0.2) is 0 Å². The fourth-order valence-electron chi connectivity index (χ4n) is 2.25. The van der Waals surface area contributed by atoms with E-state index in [4.69, 9.17) is 4.74 Å². The van der Waals surface area contributed by atoms with Crippen molar-refractivity contribution in [2.75, 3.05) is 32.8 Å². The summed E-state index contributed by atoms with van der Waals surface area (Å²) in [6.07, 6.45) is 4.02. The fourth-order valence-corrected chi connectivity index (χ4v) is 2.25. The van der Waals surface area contributed by atoms with E-state index in [1.165, 1.54) is 5.56 Å². The fraction of sp³-hybridized carbons (Fsp3) is 0.643. The Morgan fingerprint density at radius 3 is 3.22 bits per heavy atom. The van der Waals surface area contributed by atoms with E-state index in [1.807, 2.05) is 12.3 Å². The van der Waals surface area contributed by atoms with Crippen LogP contribution in [0.3, 0.4) is 0 Å². The topological polar surface area (TPSA) is 37.4 Å². The van der Waals surface area contributed by atoms with Crippen molar-refractivity contribution in [2.45, 2.75) is 26.0 Å². The number of hydrogen-bond acceptors (Lipinski definition) is 4. The van der Waals surface area contributed by atoms with E-state index < -0.39 is 0 Å². The van der Waals surface area contributed by atoms with Crippen LogP contribution in [0.1, 0.15) is 25.5 Å². The van der Waals surface area contributed by atoms with Crippen LogP contribution in [0.2, 0.25) is 0 Å². The lowest BCUT2D eigenvalue weighted by atomic mass is 10.1. The molecule has 2 heterocycles. The minimum Gasteiger partial charge on any atom is -0.374 e. The van der Waals surface area contributed by atoms with E-state index in [2.05, 4.69) is 35.1 Å². The molecule has 0 spiro atoms. The number of nitrogens with zero attached hydrogens (tertiary/aromatic N) is 2.